The molecule has 0 aliphatic rings. The predicted molar refractivity (Wildman–Crippen MR) is 89.2 cm³/mol. The zero-order valence-corrected chi connectivity index (χ0v) is 12.9. The fourth-order valence-corrected chi connectivity index (χ4v) is 2.08. The van der Waals surface area contributed by atoms with Gasteiger partial charge in [0.2, 0.25) is 0 Å². The van der Waals surface area contributed by atoms with Gasteiger partial charge in [-0.3, -0.25) is 9.78 Å². The molecule has 1 unspecified atom stereocenters. The summed E-state index contributed by atoms with van der Waals surface area (Å²) in [5.74, 6) is 0.667. The summed E-state index contributed by atoms with van der Waals surface area (Å²) < 4.78 is 5.60. The second-order valence-electron chi connectivity index (χ2n) is 5.02. The highest BCUT2D eigenvalue weighted by Gasteiger charge is 2.06. The number of carbonyl (C=O) groups excluding carboxylic acids is 1. The first kappa shape index (κ1) is 16.5. The van der Waals surface area contributed by atoms with Gasteiger partial charge in [-0.2, -0.15) is 10.3 Å². The number of quaternary nitrogens is 1. The minimum atomic E-state index is -0.983. The highest BCUT2D eigenvalue weighted by molar-refractivity contribution is 5.94. The number of aromatic nitrogens is 1. The number of rotatable bonds is 5. The summed E-state index contributed by atoms with van der Waals surface area (Å²) in [5, 5.41) is 22.6. The highest BCUT2D eigenvalue weighted by atomic mass is 16.8. The Labute approximate surface area is 142 Å². The van der Waals surface area contributed by atoms with Crippen molar-refractivity contribution in [3.8, 4) is 11.3 Å². The van der Waals surface area contributed by atoms with Gasteiger partial charge in [0.1, 0.15) is 11.5 Å². The first-order chi connectivity index (χ1) is 12.1. The largest absolute Gasteiger partial charge is 0.595 e. The van der Waals surface area contributed by atoms with Crippen molar-refractivity contribution in [2.75, 3.05) is 0 Å². The average molecular weight is 338 g/mol. The van der Waals surface area contributed by atoms with E-state index in [-0.39, 0.29) is 11.6 Å². The molecule has 0 aliphatic carbocycles. The van der Waals surface area contributed by atoms with Crippen LogP contribution in [-0.4, -0.2) is 22.3 Å². The molecule has 1 aromatic carbocycles. The molecule has 3 aromatic rings. The van der Waals surface area contributed by atoms with Crippen LogP contribution in [0.5, 0.6) is 0 Å². The standard InChI is InChI=1S/C17H14N4O4/c22-17(13-7-9-18-10-8-13)20-19-11-15-5-6-16(25-15)12-1-3-14(4-2-12)21(23)24/h1-11,21,23H,(H,20,22). The van der Waals surface area contributed by atoms with Gasteiger partial charge in [-0.1, -0.05) is 0 Å². The number of pyridine rings is 1. The summed E-state index contributed by atoms with van der Waals surface area (Å²) >= 11 is 0. The fourth-order valence-electron chi connectivity index (χ4n) is 2.08. The lowest BCUT2D eigenvalue weighted by Crippen LogP contribution is -2.99. The van der Waals surface area contributed by atoms with Crippen molar-refractivity contribution in [3.05, 3.63) is 77.5 Å². The van der Waals surface area contributed by atoms with Crippen LogP contribution in [0.25, 0.3) is 11.3 Å². The molecule has 0 spiro atoms. The van der Waals surface area contributed by atoms with Crippen molar-refractivity contribution in [1.29, 1.82) is 0 Å². The van der Waals surface area contributed by atoms with Crippen molar-refractivity contribution in [3.63, 3.8) is 0 Å². The number of furan rings is 1. The first-order valence-corrected chi connectivity index (χ1v) is 7.30. The average Bonchev–Trinajstić information content (AvgIpc) is 3.11. The SMILES string of the molecule is O=C(NN=Cc1ccc(-c2ccc([NH+]([O-])O)cc2)o1)c1ccncc1. The van der Waals surface area contributed by atoms with Gasteiger partial charge in [0.15, 0.2) is 5.69 Å². The zero-order chi connectivity index (χ0) is 17.6. The number of nitrogens with one attached hydrogen (secondary N) is 2. The van der Waals surface area contributed by atoms with Crippen LogP contribution in [0.2, 0.25) is 0 Å². The normalized spacial score (nSPS) is 12.2. The van der Waals surface area contributed by atoms with E-state index in [1.807, 2.05) is 0 Å². The van der Waals surface area contributed by atoms with Gasteiger partial charge in [-0.15, -0.1) is 0 Å². The Kier molecular flexibility index (Phi) is 4.95. The Balaban J connectivity index is 1.64. The monoisotopic (exact) mass is 338 g/mol. The lowest BCUT2D eigenvalue weighted by molar-refractivity contribution is -0.991. The molecule has 126 valence electrons. The molecule has 8 nitrogen and oxygen atoms in total. The molecule has 2 aromatic heterocycles. The van der Waals surface area contributed by atoms with Crippen LogP contribution >= 0.6 is 0 Å². The maximum absolute atomic E-state index is 11.8. The molecule has 1 amide bonds. The van der Waals surface area contributed by atoms with Gasteiger partial charge in [0.05, 0.1) is 6.21 Å². The summed E-state index contributed by atoms with van der Waals surface area (Å²) in [7, 11) is 0. The van der Waals surface area contributed by atoms with Crippen LogP contribution in [0, 0.1) is 5.21 Å². The van der Waals surface area contributed by atoms with E-state index in [1.165, 1.54) is 30.7 Å². The van der Waals surface area contributed by atoms with E-state index < -0.39 is 5.23 Å². The zero-order valence-electron chi connectivity index (χ0n) is 12.9. The topological polar surface area (TPSA) is 115 Å². The molecule has 0 radical (unpaired) electrons. The van der Waals surface area contributed by atoms with Gasteiger partial charge < -0.3 is 9.62 Å². The van der Waals surface area contributed by atoms with Gasteiger partial charge in [0, 0.05) is 35.7 Å². The molecular weight excluding hydrogens is 324 g/mol. The van der Waals surface area contributed by atoms with Gasteiger partial charge in [-0.25, -0.2) is 10.6 Å². The lowest BCUT2D eigenvalue weighted by Gasteiger charge is -2.10. The van der Waals surface area contributed by atoms with E-state index in [9.17, 15) is 10.0 Å². The third kappa shape index (κ3) is 4.15. The van der Waals surface area contributed by atoms with Crippen molar-refractivity contribution >= 4 is 17.8 Å². The van der Waals surface area contributed by atoms with Crippen molar-refractivity contribution in [2.45, 2.75) is 0 Å². The highest BCUT2D eigenvalue weighted by Crippen LogP contribution is 2.22. The Morgan fingerprint density at radius 3 is 2.56 bits per heavy atom. The maximum atomic E-state index is 11.8. The summed E-state index contributed by atoms with van der Waals surface area (Å²) in [6.07, 6.45) is 4.42. The van der Waals surface area contributed by atoms with E-state index in [2.05, 4.69) is 15.5 Å². The summed E-state index contributed by atoms with van der Waals surface area (Å²) in [6, 6.07) is 12.9. The Morgan fingerprint density at radius 1 is 1.16 bits per heavy atom. The van der Waals surface area contributed by atoms with E-state index in [0.717, 1.165) is 5.56 Å². The van der Waals surface area contributed by atoms with E-state index in [1.54, 1.807) is 36.4 Å². The van der Waals surface area contributed by atoms with Crippen LogP contribution in [0.1, 0.15) is 16.1 Å². The van der Waals surface area contributed by atoms with Crippen molar-refractivity contribution < 1.29 is 19.6 Å². The summed E-state index contributed by atoms with van der Waals surface area (Å²) in [5.41, 5.74) is 3.79. The molecule has 1 atom stereocenters. The number of nitrogens with zero attached hydrogens (tertiary/aromatic N) is 2. The quantitative estimate of drug-likeness (QED) is 0.482. The number of hydrazone groups is 1. The molecule has 2 heterocycles. The predicted octanol–water partition coefficient (Wildman–Crippen LogP) is 1.51. The third-order valence-electron chi connectivity index (χ3n) is 3.34. The Bertz CT molecular complexity index is 873. The molecule has 0 fully saturated rings. The van der Waals surface area contributed by atoms with Crippen LogP contribution in [-0.2, 0) is 0 Å². The van der Waals surface area contributed by atoms with Gasteiger partial charge >= 0.3 is 0 Å². The first-order valence-electron chi connectivity index (χ1n) is 7.30. The van der Waals surface area contributed by atoms with E-state index >= 15 is 0 Å². The Morgan fingerprint density at radius 2 is 1.88 bits per heavy atom. The molecular formula is C17H14N4O4. The Hall–Kier alpha value is -3.33. The molecule has 3 N–H and O–H groups in total. The number of carbonyl (C=O) groups is 1. The van der Waals surface area contributed by atoms with Crippen LogP contribution < -0.4 is 10.7 Å². The van der Waals surface area contributed by atoms with E-state index in [0.29, 0.717) is 17.1 Å². The smallest absolute Gasteiger partial charge is 0.271 e. The van der Waals surface area contributed by atoms with Gasteiger partial charge in [-0.05, 0) is 36.4 Å². The van der Waals surface area contributed by atoms with Crippen molar-refractivity contribution in [1.82, 2.24) is 10.4 Å². The molecule has 0 saturated heterocycles. The second-order valence-corrected chi connectivity index (χ2v) is 5.02. The number of benzene rings is 1. The second kappa shape index (κ2) is 7.49. The minimum Gasteiger partial charge on any atom is -0.595 e. The summed E-state index contributed by atoms with van der Waals surface area (Å²) in [6.45, 7) is 0. The third-order valence-corrected chi connectivity index (χ3v) is 3.34. The molecule has 0 aliphatic heterocycles. The van der Waals surface area contributed by atoms with Crippen LogP contribution in [0.3, 0.4) is 0 Å². The molecule has 0 bridgehead atoms. The van der Waals surface area contributed by atoms with Crippen LogP contribution in [0.15, 0.2) is 70.4 Å². The van der Waals surface area contributed by atoms with Crippen molar-refractivity contribution in [2.24, 2.45) is 5.10 Å². The molecule has 8 heteroatoms. The maximum Gasteiger partial charge on any atom is 0.271 e. The fraction of sp³-hybridized carbons (Fsp3) is 0. The number of hydrogen-bond acceptors (Lipinski definition) is 6. The summed E-state index contributed by atoms with van der Waals surface area (Å²) in [4.78, 5) is 15.7. The minimum absolute atomic E-state index is 0.205. The van der Waals surface area contributed by atoms with Crippen LogP contribution in [0.4, 0.5) is 5.69 Å². The molecule has 0 saturated carbocycles. The van der Waals surface area contributed by atoms with Gasteiger partial charge in [0.25, 0.3) is 5.91 Å². The van der Waals surface area contributed by atoms with E-state index in [4.69, 9.17) is 9.62 Å². The molecule has 3 rings (SSSR count). The molecule has 25 heavy (non-hydrogen) atoms. The number of hydrogen-bond donors (Lipinski definition) is 3. The lowest BCUT2D eigenvalue weighted by atomic mass is 10.1. The number of amides is 1.